The normalized spacial score (nSPS) is 25.6. The van der Waals surface area contributed by atoms with Gasteiger partial charge in [-0.3, -0.25) is 14.4 Å². The number of carbonyl (C=O) groups excluding carboxylic acids is 3. The van der Waals surface area contributed by atoms with Gasteiger partial charge < -0.3 is 40.4 Å². The Morgan fingerprint density at radius 3 is 2.27 bits per heavy atom. The highest BCUT2D eigenvalue weighted by Gasteiger charge is 2.50. The van der Waals surface area contributed by atoms with Crippen LogP contribution < -0.4 is 10.5 Å². The topological polar surface area (TPSA) is 186 Å². The smallest absolute Gasteiger partial charge is 0.202 e. The van der Waals surface area contributed by atoms with Gasteiger partial charge in [0.15, 0.2) is 17.9 Å². The van der Waals surface area contributed by atoms with E-state index < -0.39 is 82.6 Å². The first kappa shape index (κ1) is 39.2. The van der Waals surface area contributed by atoms with Crippen molar-refractivity contribution in [2.75, 3.05) is 18.6 Å². The highest BCUT2D eigenvalue weighted by Crippen LogP contribution is 2.52. The first-order valence-corrected chi connectivity index (χ1v) is 19.5. The van der Waals surface area contributed by atoms with E-state index in [0.29, 0.717) is 0 Å². The molecule has 3 aliphatic rings. The van der Waals surface area contributed by atoms with Crippen LogP contribution in [0.25, 0.3) is 0 Å². The fourth-order valence-corrected chi connectivity index (χ4v) is 8.60. The summed E-state index contributed by atoms with van der Waals surface area (Å²) in [7, 11) is 1.36. The van der Waals surface area contributed by atoms with Crippen molar-refractivity contribution in [1.82, 2.24) is 0 Å². The van der Waals surface area contributed by atoms with Gasteiger partial charge in [-0.2, -0.15) is 11.8 Å². The number of benzene rings is 2. The number of hydrogen-bond donors (Lipinski definition) is 5. The lowest BCUT2D eigenvalue weighted by Gasteiger charge is -2.42. The van der Waals surface area contributed by atoms with Gasteiger partial charge in [-0.25, -0.2) is 0 Å². The molecule has 6 N–H and O–H groups in total. The molecule has 1 saturated heterocycles. The van der Waals surface area contributed by atoms with Crippen LogP contribution in [-0.4, -0.2) is 86.5 Å². The Morgan fingerprint density at radius 1 is 0.980 bits per heavy atom. The second-order valence-electron chi connectivity index (χ2n) is 14.2. The zero-order valence-electron chi connectivity index (χ0n) is 29.9. The molecule has 1 aliphatic heterocycles. The summed E-state index contributed by atoms with van der Waals surface area (Å²) in [5.74, 6) is -2.19. The van der Waals surface area contributed by atoms with Gasteiger partial charge in [-0.15, -0.1) is 0 Å². The monoisotopic (exact) mass is 727 g/mol. The molecule has 12 heteroatoms. The number of aliphatic hydroxyl groups excluding tert-OH is 1. The number of carbonyl (C=O) groups is 3. The molecule has 0 saturated carbocycles. The SMILES string of the molecule is CCCCCCCCCCCCSCC(=O)[C@]1(O)Cc2c(O)c3c(c(O)c2[C@@H](OC2CC(N)C(O)C(C)O2)C1)C(=O)c1c(OC)cccc1C3=O. The van der Waals surface area contributed by atoms with Gasteiger partial charge in [0.1, 0.15) is 22.8 Å². The van der Waals surface area contributed by atoms with Crippen LogP contribution in [0.1, 0.15) is 140 Å². The Hall–Kier alpha value is -3.00. The third-order valence-electron chi connectivity index (χ3n) is 10.5. The molecule has 5 rings (SSSR count). The summed E-state index contributed by atoms with van der Waals surface area (Å²) >= 11 is 1.43. The highest BCUT2D eigenvalue weighted by atomic mass is 32.2. The van der Waals surface area contributed by atoms with Crippen LogP contribution in [0, 0.1) is 0 Å². The molecule has 0 radical (unpaired) electrons. The lowest BCUT2D eigenvalue weighted by atomic mass is 9.72. The van der Waals surface area contributed by atoms with Gasteiger partial charge in [0.05, 0.1) is 47.9 Å². The zero-order valence-corrected chi connectivity index (χ0v) is 30.8. The molecule has 0 aromatic heterocycles. The predicted octanol–water partition coefficient (Wildman–Crippen LogP) is 5.66. The van der Waals surface area contributed by atoms with E-state index in [-0.39, 0.29) is 46.6 Å². The number of phenolic OH excluding ortho intramolecular Hbond substituents is 2. The molecule has 280 valence electrons. The fourth-order valence-electron chi connectivity index (χ4n) is 7.59. The minimum absolute atomic E-state index is 0.00281. The van der Waals surface area contributed by atoms with Gasteiger partial charge >= 0.3 is 0 Å². The fraction of sp³-hybridized carbons (Fsp3) is 0.615. The van der Waals surface area contributed by atoms with Crippen molar-refractivity contribution in [3.05, 3.63) is 51.6 Å². The number of aromatic hydroxyl groups is 2. The lowest BCUT2D eigenvalue weighted by molar-refractivity contribution is -0.247. The number of ether oxygens (including phenoxy) is 3. The average Bonchev–Trinajstić information content (AvgIpc) is 3.10. The van der Waals surface area contributed by atoms with Crippen molar-refractivity contribution in [1.29, 1.82) is 0 Å². The minimum atomic E-state index is -2.02. The Morgan fingerprint density at radius 2 is 1.63 bits per heavy atom. The number of aliphatic hydroxyl groups is 2. The second-order valence-corrected chi connectivity index (χ2v) is 15.3. The van der Waals surface area contributed by atoms with Gasteiger partial charge in [0, 0.05) is 42.0 Å². The Kier molecular flexibility index (Phi) is 13.2. The van der Waals surface area contributed by atoms with Crippen LogP contribution in [0.2, 0.25) is 0 Å². The molecule has 0 amide bonds. The van der Waals surface area contributed by atoms with Crippen LogP contribution in [-0.2, 0) is 20.7 Å². The van der Waals surface area contributed by atoms with E-state index in [1.54, 1.807) is 13.0 Å². The largest absolute Gasteiger partial charge is 0.507 e. The number of ketones is 3. The molecule has 4 unspecified atom stereocenters. The molecule has 0 spiro atoms. The van der Waals surface area contributed by atoms with Crippen LogP contribution >= 0.6 is 11.8 Å². The molecule has 2 aromatic carbocycles. The third kappa shape index (κ3) is 8.31. The van der Waals surface area contributed by atoms with Crippen LogP contribution in [0.15, 0.2) is 18.2 Å². The third-order valence-corrected chi connectivity index (χ3v) is 11.6. The van der Waals surface area contributed by atoms with Crippen molar-refractivity contribution in [2.24, 2.45) is 5.73 Å². The van der Waals surface area contributed by atoms with Crippen molar-refractivity contribution in [3.63, 3.8) is 0 Å². The first-order valence-electron chi connectivity index (χ1n) is 18.4. The standard InChI is InChI=1S/C39H53NO10S/c1-4-5-6-7-8-9-10-11-12-13-17-51-21-28(41)39(47)19-24-31(27(20-39)50-29-18-25(40)34(42)22(2)49-29)38(46)33-32(36(24)44)35(43)23-15-14-16-26(48-3)30(23)37(33)45/h14-16,22,25,27,29,34,42,44,46-47H,4-13,17-21,40H2,1-3H3/t22?,25?,27-,29?,34?,39-/m0/s1. The van der Waals surface area contributed by atoms with Gasteiger partial charge in [0.25, 0.3) is 0 Å². The summed E-state index contributed by atoms with van der Waals surface area (Å²) in [4.78, 5) is 41.5. The molecule has 1 fully saturated rings. The summed E-state index contributed by atoms with van der Waals surface area (Å²) in [5.41, 5.74) is 3.19. The van der Waals surface area contributed by atoms with Crippen molar-refractivity contribution in [2.45, 2.75) is 134 Å². The molecule has 0 bridgehead atoms. The van der Waals surface area contributed by atoms with E-state index in [2.05, 4.69) is 6.92 Å². The maximum Gasteiger partial charge on any atom is 0.202 e. The van der Waals surface area contributed by atoms with Crippen molar-refractivity contribution < 1.29 is 49.0 Å². The number of hydrogen-bond acceptors (Lipinski definition) is 12. The van der Waals surface area contributed by atoms with E-state index in [9.17, 15) is 34.8 Å². The van der Waals surface area contributed by atoms with E-state index in [0.717, 1.165) is 25.0 Å². The molecule has 2 aromatic rings. The minimum Gasteiger partial charge on any atom is -0.507 e. The molecule has 51 heavy (non-hydrogen) atoms. The van der Waals surface area contributed by atoms with E-state index in [1.807, 2.05) is 0 Å². The molecule has 1 heterocycles. The summed E-state index contributed by atoms with van der Waals surface area (Å²) in [6.07, 6.45) is 7.52. The summed E-state index contributed by atoms with van der Waals surface area (Å²) < 4.78 is 17.5. The molecule has 2 aliphatic carbocycles. The molecule has 6 atom stereocenters. The van der Waals surface area contributed by atoms with Crippen molar-refractivity contribution in [3.8, 4) is 17.2 Å². The van der Waals surface area contributed by atoms with Crippen molar-refractivity contribution >= 4 is 29.1 Å². The number of phenols is 2. The number of Topliss-reactive ketones (excluding diaryl/α,β-unsaturated/α-hetero) is 1. The maximum absolute atomic E-state index is 13.9. The highest BCUT2D eigenvalue weighted by molar-refractivity contribution is 7.99. The van der Waals surface area contributed by atoms with E-state index >= 15 is 0 Å². The predicted molar refractivity (Wildman–Crippen MR) is 194 cm³/mol. The summed E-state index contributed by atoms with van der Waals surface area (Å²) in [5, 5.41) is 45.8. The van der Waals surface area contributed by atoms with Gasteiger partial charge in [0.2, 0.25) is 5.78 Å². The van der Waals surface area contributed by atoms with Crippen LogP contribution in [0.4, 0.5) is 0 Å². The number of methoxy groups -OCH3 is 1. The molecular formula is C39H53NO10S. The summed E-state index contributed by atoms with van der Waals surface area (Å²) in [6.45, 7) is 3.85. The zero-order chi connectivity index (χ0) is 36.9. The number of rotatable bonds is 17. The Bertz CT molecular complexity index is 1580. The quantitative estimate of drug-likeness (QED) is 0.0850. The van der Waals surface area contributed by atoms with Crippen LogP contribution in [0.3, 0.4) is 0 Å². The second kappa shape index (κ2) is 17.2. The lowest BCUT2D eigenvalue weighted by Crippen LogP contribution is -2.53. The maximum atomic E-state index is 13.9. The number of unbranched alkanes of at least 4 members (excludes halogenated alkanes) is 9. The Labute approximate surface area is 304 Å². The molecular weight excluding hydrogens is 674 g/mol. The molecule has 11 nitrogen and oxygen atoms in total. The summed E-state index contributed by atoms with van der Waals surface area (Å²) in [6, 6.07) is 3.81. The van der Waals surface area contributed by atoms with Gasteiger partial charge in [-0.1, -0.05) is 76.8 Å². The number of thioether (sulfide) groups is 1. The number of fused-ring (bicyclic) bond motifs is 3. The van der Waals surface area contributed by atoms with Gasteiger partial charge in [-0.05, 0) is 25.2 Å². The first-order chi connectivity index (χ1) is 24.4. The van der Waals surface area contributed by atoms with E-state index in [4.69, 9.17) is 19.9 Å². The Balaban J connectivity index is 1.36. The van der Waals surface area contributed by atoms with E-state index in [1.165, 1.54) is 76.0 Å². The van der Waals surface area contributed by atoms with Crippen LogP contribution in [0.5, 0.6) is 17.2 Å². The average molecular weight is 728 g/mol. The number of nitrogens with two attached hydrogens (primary N) is 1.